The lowest BCUT2D eigenvalue weighted by Gasteiger charge is -2.23. The number of carbonyl (C=O) groups excluding carboxylic acids is 1. The van der Waals surface area contributed by atoms with E-state index in [1.54, 1.807) is 0 Å². The average Bonchev–Trinajstić information content (AvgIpc) is 2.53. The smallest absolute Gasteiger partial charge is 0.224 e. The minimum atomic E-state index is -0.0367. The van der Waals surface area contributed by atoms with Gasteiger partial charge in [0, 0.05) is 13.0 Å². The van der Waals surface area contributed by atoms with E-state index in [4.69, 9.17) is 15.2 Å². The van der Waals surface area contributed by atoms with Gasteiger partial charge in [-0.1, -0.05) is 12.1 Å². The maximum Gasteiger partial charge on any atom is 0.224 e. The Balaban J connectivity index is 1.88. The standard InChI is InChI=1S/C16H24N2O3/c17-10-5-9-16(19)18-14-7-1-2-8-15(14)21-12-13-6-3-4-11-20-13/h1-2,7-8,13H,3-6,9-12,17H2,(H,18,19). The van der Waals surface area contributed by atoms with Crippen LogP contribution in [0.3, 0.4) is 0 Å². The molecule has 1 aromatic rings. The summed E-state index contributed by atoms with van der Waals surface area (Å²) in [4.78, 5) is 11.8. The van der Waals surface area contributed by atoms with Crippen LogP contribution in [0.4, 0.5) is 5.69 Å². The van der Waals surface area contributed by atoms with Crippen molar-refractivity contribution in [2.45, 2.75) is 38.2 Å². The molecule has 1 heterocycles. The molecule has 1 aliphatic rings. The number of benzene rings is 1. The number of nitrogens with one attached hydrogen (secondary N) is 1. The summed E-state index contributed by atoms with van der Waals surface area (Å²) in [7, 11) is 0. The first-order valence-corrected chi connectivity index (χ1v) is 7.63. The number of carbonyl (C=O) groups is 1. The van der Waals surface area contributed by atoms with E-state index in [-0.39, 0.29) is 12.0 Å². The maximum absolute atomic E-state index is 11.8. The molecule has 5 heteroatoms. The molecule has 1 atom stereocenters. The molecule has 0 aromatic heterocycles. The van der Waals surface area contributed by atoms with Crippen molar-refractivity contribution < 1.29 is 14.3 Å². The van der Waals surface area contributed by atoms with Gasteiger partial charge >= 0.3 is 0 Å². The summed E-state index contributed by atoms with van der Waals surface area (Å²) in [5.41, 5.74) is 6.12. The number of hydrogen-bond donors (Lipinski definition) is 2. The van der Waals surface area contributed by atoms with Crippen LogP contribution in [-0.4, -0.2) is 31.8 Å². The van der Waals surface area contributed by atoms with Crippen molar-refractivity contribution in [3.63, 3.8) is 0 Å². The Morgan fingerprint density at radius 1 is 1.38 bits per heavy atom. The minimum Gasteiger partial charge on any atom is -0.489 e. The molecule has 1 fully saturated rings. The molecule has 5 nitrogen and oxygen atoms in total. The van der Waals surface area contributed by atoms with Gasteiger partial charge in [0.1, 0.15) is 12.4 Å². The Kier molecular flexibility index (Phi) is 6.50. The number of amides is 1. The SMILES string of the molecule is NCCCC(=O)Nc1ccccc1OCC1CCCCO1. The summed E-state index contributed by atoms with van der Waals surface area (Å²) < 4.78 is 11.5. The second-order valence-corrected chi connectivity index (χ2v) is 5.24. The van der Waals surface area contributed by atoms with E-state index in [0.29, 0.717) is 37.4 Å². The quantitative estimate of drug-likeness (QED) is 0.809. The van der Waals surface area contributed by atoms with Crippen molar-refractivity contribution in [1.29, 1.82) is 0 Å². The van der Waals surface area contributed by atoms with Crippen molar-refractivity contribution in [3.8, 4) is 5.75 Å². The molecule has 0 aliphatic carbocycles. The lowest BCUT2D eigenvalue weighted by atomic mass is 10.1. The Hall–Kier alpha value is -1.59. The van der Waals surface area contributed by atoms with Crippen LogP contribution in [0.2, 0.25) is 0 Å². The van der Waals surface area contributed by atoms with Gasteiger partial charge in [-0.25, -0.2) is 0 Å². The molecule has 0 radical (unpaired) electrons. The lowest BCUT2D eigenvalue weighted by Crippen LogP contribution is -2.26. The normalized spacial score (nSPS) is 18.2. The molecular formula is C16H24N2O3. The summed E-state index contributed by atoms with van der Waals surface area (Å²) in [6.45, 7) is 1.85. The van der Waals surface area contributed by atoms with Crippen LogP contribution < -0.4 is 15.8 Å². The van der Waals surface area contributed by atoms with Crippen LogP contribution in [0, 0.1) is 0 Å². The fourth-order valence-corrected chi connectivity index (χ4v) is 2.29. The summed E-state index contributed by atoms with van der Waals surface area (Å²) in [6.07, 6.45) is 4.61. The third kappa shape index (κ3) is 5.36. The molecule has 0 spiro atoms. The van der Waals surface area contributed by atoms with Gasteiger partial charge < -0.3 is 20.5 Å². The zero-order chi connectivity index (χ0) is 14.9. The summed E-state index contributed by atoms with van der Waals surface area (Å²) in [6, 6.07) is 7.48. The number of para-hydroxylation sites is 2. The zero-order valence-electron chi connectivity index (χ0n) is 12.3. The third-order valence-corrected chi connectivity index (χ3v) is 3.47. The van der Waals surface area contributed by atoms with Crippen molar-refractivity contribution in [2.24, 2.45) is 5.73 Å². The van der Waals surface area contributed by atoms with Gasteiger partial charge in [0.15, 0.2) is 0 Å². The molecule has 3 N–H and O–H groups in total. The van der Waals surface area contributed by atoms with Gasteiger partial charge in [-0.3, -0.25) is 4.79 Å². The second-order valence-electron chi connectivity index (χ2n) is 5.24. The van der Waals surface area contributed by atoms with Crippen molar-refractivity contribution in [2.75, 3.05) is 25.1 Å². The Morgan fingerprint density at radius 3 is 3.00 bits per heavy atom. The predicted molar refractivity (Wildman–Crippen MR) is 82.4 cm³/mol. The molecule has 2 rings (SSSR count). The molecule has 1 aliphatic heterocycles. The topological polar surface area (TPSA) is 73.6 Å². The van der Waals surface area contributed by atoms with E-state index < -0.39 is 0 Å². The van der Waals surface area contributed by atoms with Crippen molar-refractivity contribution in [3.05, 3.63) is 24.3 Å². The highest BCUT2D eigenvalue weighted by atomic mass is 16.5. The number of rotatable bonds is 7. The molecule has 1 amide bonds. The zero-order valence-corrected chi connectivity index (χ0v) is 12.3. The Morgan fingerprint density at radius 2 is 2.24 bits per heavy atom. The van der Waals surface area contributed by atoms with Crippen LogP contribution in [0.25, 0.3) is 0 Å². The van der Waals surface area contributed by atoms with Crippen molar-refractivity contribution in [1.82, 2.24) is 0 Å². The second kappa shape index (κ2) is 8.64. The fourth-order valence-electron chi connectivity index (χ4n) is 2.29. The largest absolute Gasteiger partial charge is 0.489 e. The first-order chi connectivity index (χ1) is 10.3. The highest BCUT2D eigenvalue weighted by Gasteiger charge is 2.15. The van der Waals surface area contributed by atoms with Crippen LogP contribution in [0.1, 0.15) is 32.1 Å². The monoisotopic (exact) mass is 292 g/mol. The summed E-state index contributed by atoms with van der Waals surface area (Å²) in [5, 5.41) is 2.87. The maximum atomic E-state index is 11.8. The fraction of sp³-hybridized carbons (Fsp3) is 0.562. The van der Waals surface area contributed by atoms with Gasteiger partial charge in [0.2, 0.25) is 5.91 Å². The van der Waals surface area contributed by atoms with Crippen LogP contribution in [-0.2, 0) is 9.53 Å². The van der Waals surface area contributed by atoms with Gasteiger partial charge in [-0.2, -0.15) is 0 Å². The van der Waals surface area contributed by atoms with Gasteiger partial charge in [-0.05, 0) is 44.4 Å². The number of hydrogen-bond acceptors (Lipinski definition) is 4. The van der Waals surface area contributed by atoms with E-state index >= 15 is 0 Å². The van der Waals surface area contributed by atoms with E-state index in [1.165, 1.54) is 6.42 Å². The van der Waals surface area contributed by atoms with Crippen molar-refractivity contribution >= 4 is 11.6 Å². The molecule has 21 heavy (non-hydrogen) atoms. The first kappa shape index (κ1) is 15.8. The molecule has 1 unspecified atom stereocenters. The van der Waals surface area contributed by atoms with E-state index in [1.807, 2.05) is 24.3 Å². The number of nitrogens with two attached hydrogens (primary N) is 1. The summed E-state index contributed by atoms with van der Waals surface area (Å²) >= 11 is 0. The van der Waals surface area contributed by atoms with E-state index in [2.05, 4.69) is 5.32 Å². The lowest BCUT2D eigenvalue weighted by molar-refractivity contribution is -0.116. The molecule has 116 valence electrons. The van der Waals surface area contributed by atoms with Gasteiger partial charge in [0.05, 0.1) is 11.8 Å². The van der Waals surface area contributed by atoms with E-state index in [0.717, 1.165) is 19.4 Å². The predicted octanol–water partition coefficient (Wildman–Crippen LogP) is 2.31. The van der Waals surface area contributed by atoms with E-state index in [9.17, 15) is 4.79 Å². The van der Waals surface area contributed by atoms with Crippen LogP contribution in [0.5, 0.6) is 5.75 Å². The van der Waals surface area contributed by atoms with Gasteiger partial charge in [-0.15, -0.1) is 0 Å². The molecule has 1 saturated heterocycles. The van der Waals surface area contributed by atoms with Crippen LogP contribution >= 0.6 is 0 Å². The molecular weight excluding hydrogens is 268 g/mol. The highest BCUT2D eigenvalue weighted by Crippen LogP contribution is 2.25. The molecule has 1 aromatic carbocycles. The Labute approximate surface area is 125 Å². The minimum absolute atomic E-state index is 0.0367. The van der Waals surface area contributed by atoms with Crippen LogP contribution in [0.15, 0.2) is 24.3 Å². The number of anilines is 1. The third-order valence-electron chi connectivity index (χ3n) is 3.47. The average molecular weight is 292 g/mol. The first-order valence-electron chi connectivity index (χ1n) is 7.63. The Bertz CT molecular complexity index is 445. The summed E-state index contributed by atoms with van der Waals surface area (Å²) in [5.74, 6) is 0.651. The number of ether oxygens (including phenoxy) is 2. The highest BCUT2D eigenvalue weighted by molar-refractivity contribution is 5.92. The molecule has 0 bridgehead atoms. The molecule has 0 saturated carbocycles. The van der Waals surface area contributed by atoms with Gasteiger partial charge in [0.25, 0.3) is 0 Å².